The first-order chi connectivity index (χ1) is 10.0. The summed E-state index contributed by atoms with van der Waals surface area (Å²) in [5.74, 6) is -0.286. The zero-order valence-electron chi connectivity index (χ0n) is 11.8. The number of rotatable bonds is 4. The summed E-state index contributed by atoms with van der Waals surface area (Å²) in [7, 11) is 3.78. The molecule has 0 bridgehead atoms. The highest BCUT2D eigenvalue weighted by atomic mass is 35.5. The topological polar surface area (TPSA) is 49.4 Å². The maximum atomic E-state index is 12.2. The van der Waals surface area contributed by atoms with E-state index < -0.39 is 0 Å². The molecule has 0 saturated carbocycles. The molecular weight excluding hydrogens is 288 g/mol. The lowest BCUT2D eigenvalue weighted by Crippen LogP contribution is -2.15. The van der Waals surface area contributed by atoms with Crippen molar-refractivity contribution < 1.29 is 9.59 Å². The van der Waals surface area contributed by atoms with Gasteiger partial charge in [0, 0.05) is 35.9 Å². The van der Waals surface area contributed by atoms with Crippen LogP contribution in [0.4, 0.5) is 11.4 Å². The first-order valence-electron chi connectivity index (χ1n) is 6.34. The van der Waals surface area contributed by atoms with E-state index in [0.29, 0.717) is 21.8 Å². The van der Waals surface area contributed by atoms with E-state index in [9.17, 15) is 9.59 Å². The van der Waals surface area contributed by atoms with Gasteiger partial charge in [-0.1, -0.05) is 11.6 Å². The zero-order chi connectivity index (χ0) is 15.4. The summed E-state index contributed by atoms with van der Waals surface area (Å²) < 4.78 is 0. The molecule has 21 heavy (non-hydrogen) atoms. The van der Waals surface area contributed by atoms with Crippen molar-refractivity contribution in [2.75, 3.05) is 24.3 Å². The third-order valence-electron chi connectivity index (χ3n) is 3.03. The average Bonchev–Trinajstić information content (AvgIpc) is 2.47. The van der Waals surface area contributed by atoms with Crippen molar-refractivity contribution in [2.24, 2.45) is 0 Å². The highest BCUT2D eigenvalue weighted by Gasteiger charge is 2.10. The highest BCUT2D eigenvalue weighted by Crippen LogP contribution is 2.22. The minimum absolute atomic E-state index is 0.286. The fourth-order valence-corrected chi connectivity index (χ4v) is 1.96. The summed E-state index contributed by atoms with van der Waals surface area (Å²) in [6.45, 7) is 0. The fraction of sp³-hybridized carbons (Fsp3) is 0.125. The van der Waals surface area contributed by atoms with Gasteiger partial charge in [0.25, 0.3) is 5.91 Å². The maximum Gasteiger partial charge on any atom is 0.255 e. The Morgan fingerprint density at radius 1 is 1.14 bits per heavy atom. The molecule has 0 fully saturated rings. The zero-order valence-corrected chi connectivity index (χ0v) is 12.5. The molecule has 0 aliphatic carbocycles. The number of halogens is 1. The van der Waals surface area contributed by atoms with Crippen molar-refractivity contribution in [3.8, 4) is 0 Å². The summed E-state index contributed by atoms with van der Waals surface area (Å²) in [6.07, 6.45) is 0.719. The molecule has 1 amide bonds. The van der Waals surface area contributed by atoms with Crippen LogP contribution >= 0.6 is 11.6 Å². The molecule has 108 valence electrons. The summed E-state index contributed by atoms with van der Waals surface area (Å²) in [5.41, 5.74) is 2.29. The minimum Gasteiger partial charge on any atom is -0.378 e. The van der Waals surface area contributed by atoms with E-state index in [0.717, 1.165) is 12.0 Å². The highest BCUT2D eigenvalue weighted by molar-refractivity contribution is 6.30. The quantitative estimate of drug-likeness (QED) is 0.880. The Bertz CT molecular complexity index is 666. The minimum atomic E-state index is -0.286. The second-order valence-corrected chi connectivity index (χ2v) is 5.18. The van der Waals surface area contributed by atoms with E-state index in [1.165, 1.54) is 0 Å². The SMILES string of the molecule is CN(C)c1ccc(C=O)c(NC(=O)c2ccc(Cl)cc2)c1. The Labute approximate surface area is 128 Å². The molecule has 2 aromatic rings. The average molecular weight is 303 g/mol. The van der Waals surface area contributed by atoms with Crippen LogP contribution in [0.2, 0.25) is 5.02 Å². The smallest absolute Gasteiger partial charge is 0.255 e. The number of amides is 1. The lowest BCUT2D eigenvalue weighted by Gasteiger charge is -2.15. The van der Waals surface area contributed by atoms with Gasteiger partial charge in [0.2, 0.25) is 0 Å². The van der Waals surface area contributed by atoms with Crippen molar-refractivity contribution >= 4 is 35.2 Å². The Hall–Kier alpha value is -2.33. The number of nitrogens with zero attached hydrogens (tertiary/aromatic N) is 1. The molecule has 4 nitrogen and oxygen atoms in total. The monoisotopic (exact) mass is 302 g/mol. The van der Waals surface area contributed by atoms with Gasteiger partial charge in [-0.05, 0) is 42.5 Å². The van der Waals surface area contributed by atoms with Crippen LogP contribution in [0.3, 0.4) is 0 Å². The van der Waals surface area contributed by atoms with Crippen LogP contribution in [-0.2, 0) is 0 Å². The molecule has 0 saturated heterocycles. The van der Waals surface area contributed by atoms with Crippen LogP contribution in [0.25, 0.3) is 0 Å². The molecule has 0 aliphatic heterocycles. The Morgan fingerprint density at radius 3 is 2.38 bits per heavy atom. The van der Waals surface area contributed by atoms with Gasteiger partial charge in [0.05, 0.1) is 5.69 Å². The second-order valence-electron chi connectivity index (χ2n) is 4.74. The number of benzene rings is 2. The van der Waals surface area contributed by atoms with Gasteiger partial charge < -0.3 is 10.2 Å². The Morgan fingerprint density at radius 2 is 1.81 bits per heavy atom. The van der Waals surface area contributed by atoms with Gasteiger partial charge in [-0.15, -0.1) is 0 Å². The Balaban J connectivity index is 2.29. The van der Waals surface area contributed by atoms with Gasteiger partial charge >= 0.3 is 0 Å². The number of hydrogen-bond acceptors (Lipinski definition) is 3. The molecule has 5 heteroatoms. The molecule has 1 N–H and O–H groups in total. The van der Waals surface area contributed by atoms with Crippen molar-refractivity contribution in [3.63, 3.8) is 0 Å². The predicted octanol–water partition coefficient (Wildman–Crippen LogP) is 3.47. The molecule has 0 aliphatic rings. The number of nitrogens with one attached hydrogen (secondary N) is 1. The van der Waals surface area contributed by atoms with Crippen LogP contribution in [-0.4, -0.2) is 26.3 Å². The normalized spacial score (nSPS) is 10.0. The van der Waals surface area contributed by atoms with Crippen LogP contribution < -0.4 is 10.2 Å². The lowest BCUT2D eigenvalue weighted by atomic mass is 10.1. The van der Waals surface area contributed by atoms with Crippen molar-refractivity contribution in [1.82, 2.24) is 0 Å². The van der Waals surface area contributed by atoms with E-state index >= 15 is 0 Å². The standard InChI is InChI=1S/C16H15ClN2O2/c1-19(2)14-8-5-12(10-20)15(9-14)18-16(21)11-3-6-13(17)7-4-11/h3-10H,1-2H3,(H,18,21). The van der Waals surface area contributed by atoms with E-state index in [4.69, 9.17) is 11.6 Å². The Kier molecular flexibility index (Phi) is 4.60. The molecule has 2 rings (SSSR count). The van der Waals surface area contributed by atoms with Crippen LogP contribution in [0.15, 0.2) is 42.5 Å². The molecule has 0 aromatic heterocycles. The van der Waals surface area contributed by atoms with Crippen LogP contribution in [0, 0.1) is 0 Å². The molecule has 0 spiro atoms. The first kappa shape index (κ1) is 15.1. The lowest BCUT2D eigenvalue weighted by molar-refractivity contribution is 0.102. The fourth-order valence-electron chi connectivity index (χ4n) is 1.83. The van der Waals surface area contributed by atoms with Crippen molar-refractivity contribution in [3.05, 3.63) is 58.6 Å². The molecule has 0 radical (unpaired) electrons. The van der Waals surface area contributed by atoms with E-state index in [1.807, 2.05) is 25.1 Å². The first-order valence-corrected chi connectivity index (χ1v) is 6.72. The van der Waals surface area contributed by atoms with Gasteiger partial charge in [0.15, 0.2) is 6.29 Å². The van der Waals surface area contributed by atoms with Crippen molar-refractivity contribution in [1.29, 1.82) is 0 Å². The summed E-state index contributed by atoms with van der Waals surface area (Å²) in [4.78, 5) is 25.2. The third-order valence-corrected chi connectivity index (χ3v) is 3.29. The van der Waals surface area contributed by atoms with Gasteiger partial charge in [-0.2, -0.15) is 0 Å². The third kappa shape index (κ3) is 3.61. The number of carbonyl (C=O) groups is 2. The number of hydrogen-bond donors (Lipinski definition) is 1. The molecular formula is C16H15ClN2O2. The largest absolute Gasteiger partial charge is 0.378 e. The number of carbonyl (C=O) groups excluding carboxylic acids is 2. The van der Waals surface area contributed by atoms with Crippen LogP contribution in [0.5, 0.6) is 0 Å². The van der Waals surface area contributed by atoms with Gasteiger partial charge in [0.1, 0.15) is 0 Å². The number of anilines is 2. The van der Waals surface area contributed by atoms with E-state index in [-0.39, 0.29) is 5.91 Å². The van der Waals surface area contributed by atoms with Gasteiger partial charge in [-0.3, -0.25) is 9.59 Å². The summed E-state index contributed by atoms with van der Waals surface area (Å²) in [5, 5.41) is 3.32. The molecule has 2 aromatic carbocycles. The molecule has 0 unspecified atom stereocenters. The number of aldehydes is 1. The molecule has 0 heterocycles. The van der Waals surface area contributed by atoms with E-state index in [2.05, 4.69) is 5.32 Å². The maximum absolute atomic E-state index is 12.2. The van der Waals surface area contributed by atoms with Crippen LogP contribution in [0.1, 0.15) is 20.7 Å². The van der Waals surface area contributed by atoms with Gasteiger partial charge in [-0.25, -0.2) is 0 Å². The second kappa shape index (κ2) is 6.41. The van der Waals surface area contributed by atoms with E-state index in [1.54, 1.807) is 36.4 Å². The van der Waals surface area contributed by atoms with Crippen molar-refractivity contribution in [2.45, 2.75) is 0 Å². The molecule has 0 atom stereocenters. The summed E-state index contributed by atoms with van der Waals surface area (Å²) >= 11 is 5.80. The summed E-state index contributed by atoms with van der Waals surface area (Å²) in [6, 6.07) is 11.8. The predicted molar refractivity (Wildman–Crippen MR) is 85.6 cm³/mol.